The number of rotatable bonds is 0. The van der Waals surface area contributed by atoms with E-state index in [1.54, 1.807) is 0 Å². The largest absolute Gasteiger partial charge is 0.296 e. The standard InChI is InChI=1S/C10H15NO2/c1-10-5-3-2-4-7(10)9(13)11-8(12)6-10/h7H,2-6H2,1H3,(H,11,12,13)/t7-,10-/m0/s1. The molecule has 1 saturated carbocycles. The molecule has 0 aromatic carbocycles. The van der Waals surface area contributed by atoms with Crippen LogP contribution in [0.2, 0.25) is 0 Å². The maximum atomic E-state index is 11.5. The average Bonchev–Trinajstić information content (AvgIpc) is 2.01. The minimum absolute atomic E-state index is 0.0431. The Morgan fingerprint density at radius 1 is 1.38 bits per heavy atom. The van der Waals surface area contributed by atoms with Gasteiger partial charge >= 0.3 is 0 Å². The SMILES string of the molecule is C[C@@]12CCCC[C@H]1C(=O)NC(=O)C2. The fourth-order valence-corrected chi connectivity index (χ4v) is 2.69. The summed E-state index contributed by atoms with van der Waals surface area (Å²) in [6.45, 7) is 2.08. The molecule has 2 fully saturated rings. The zero-order chi connectivity index (χ0) is 9.47. The summed E-state index contributed by atoms with van der Waals surface area (Å²) < 4.78 is 0. The maximum Gasteiger partial charge on any atom is 0.230 e. The van der Waals surface area contributed by atoms with Crippen LogP contribution >= 0.6 is 0 Å². The van der Waals surface area contributed by atoms with Gasteiger partial charge in [0.1, 0.15) is 0 Å². The third kappa shape index (κ3) is 1.36. The summed E-state index contributed by atoms with van der Waals surface area (Å²) in [6, 6.07) is 0. The number of hydrogen-bond donors (Lipinski definition) is 1. The lowest BCUT2D eigenvalue weighted by Gasteiger charge is -2.43. The Morgan fingerprint density at radius 2 is 2.15 bits per heavy atom. The van der Waals surface area contributed by atoms with Crippen molar-refractivity contribution >= 4 is 11.8 Å². The molecular weight excluding hydrogens is 166 g/mol. The highest BCUT2D eigenvalue weighted by molar-refractivity contribution is 5.99. The molecule has 0 bridgehead atoms. The second-order valence-corrected chi connectivity index (χ2v) is 4.54. The molecule has 2 amide bonds. The molecule has 3 heteroatoms. The van der Waals surface area contributed by atoms with Gasteiger partial charge in [0.25, 0.3) is 0 Å². The number of hydrogen-bond acceptors (Lipinski definition) is 2. The van der Waals surface area contributed by atoms with Crippen molar-refractivity contribution < 1.29 is 9.59 Å². The molecule has 72 valence electrons. The van der Waals surface area contributed by atoms with Gasteiger partial charge in [0.15, 0.2) is 0 Å². The minimum atomic E-state index is -0.0920. The normalized spacial score (nSPS) is 39.6. The summed E-state index contributed by atoms with van der Waals surface area (Å²) in [7, 11) is 0. The Kier molecular flexibility index (Phi) is 1.90. The van der Waals surface area contributed by atoms with E-state index in [2.05, 4.69) is 12.2 Å². The molecule has 0 radical (unpaired) electrons. The quantitative estimate of drug-likeness (QED) is 0.571. The smallest absolute Gasteiger partial charge is 0.230 e. The lowest BCUT2D eigenvalue weighted by molar-refractivity contribution is -0.145. The molecular formula is C10H15NO2. The molecule has 0 unspecified atom stereocenters. The fourth-order valence-electron chi connectivity index (χ4n) is 2.69. The lowest BCUT2D eigenvalue weighted by Crippen LogP contribution is -2.52. The third-order valence-corrected chi connectivity index (χ3v) is 3.48. The van der Waals surface area contributed by atoms with E-state index in [0.29, 0.717) is 6.42 Å². The van der Waals surface area contributed by atoms with Gasteiger partial charge in [0.05, 0.1) is 0 Å². The van der Waals surface area contributed by atoms with Crippen LogP contribution in [0.5, 0.6) is 0 Å². The summed E-state index contributed by atoms with van der Waals surface area (Å²) in [5.41, 5.74) is -0.0440. The van der Waals surface area contributed by atoms with Gasteiger partial charge in [-0.1, -0.05) is 19.8 Å². The molecule has 2 atom stereocenters. The van der Waals surface area contributed by atoms with Crippen molar-refractivity contribution in [2.75, 3.05) is 0 Å². The molecule has 0 spiro atoms. The third-order valence-electron chi connectivity index (χ3n) is 3.48. The number of nitrogens with one attached hydrogen (secondary N) is 1. The van der Waals surface area contributed by atoms with Crippen molar-refractivity contribution in [3.05, 3.63) is 0 Å². The summed E-state index contributed by atoms with van der Waals surface area (Å²) in [5.74, 6) is -0.0527. The Labute approximate surface area is 77.9 Å². The van der Waals surface area contributed by atoms with E-state index in [9.17, 15) is 9.59 Å². The predicted molar refractivity (Wildman–Crippen MR) is 47.8 cm³/mol. The number of carbonyl (C=O) groups excluding carboxylic acids is 2. The number of fused-ring (bicyclic) bond motifs is 1. The maximum absolute atomic E-state index is 11.5. The van der Waals surface area contributed by atoms with Gasteiger partial charge in [0, 0.05) is 12.3 Å². The first kappa shape index (κ1) is 8.73. The molecule has 1 heterocycles. The molecule has 13 heavy (non-hydrogen) atoms. The first-order valence-corrected chi connectivity index (χ1v) is 4.95. The summed E-state index contributed by atoms with van der Waals surface area (Å²) in [4.78, 5) is 22.7. The van der Waals surface area contributed by atoms with Gasteiger partial charge in [0.2, 0.25) is 11.8 Å². The van der Waals surface area contributed by atoms with Crippen molar-refractivity contribution in [3.63, 3.8) is 0 Å². The minimum Gasteiger partial charge on any atom is -0.296 e. The van der Waals surface area contributed by atoms with Gasteiger partial charge in [-0.3, -0.25) is 14.9 Å². The van der Waals surface area contributed by atoms with Crippen LogP contribution < -0.4 is 5.32 Å². The Morgan fingerprint density at radius 3 is 2.92 bits per heavy atom. The molecule has 1 aliphatic carbocycles. The van der Waals surface area contributed by atoms with Crippen molar-refractivity contribution in [3.8, 4) is 0 Å². The van der Waals surface area contributed by atoms with E-state index in [1.807, 2.05) is 0 Å². The highest BCUT2D eigenvalue weighted by atomic mass is 16.2. The van der Waals surface area contributed by atoms with Gasteiger partial charge in [-0.2, -0.15) is 0 Å². The van der Waals surface area contributed by atoms with E-state index in [4.69, 9.17) is 0 Å². The van der Waals surface area contributed by atoms with Crippen molar-refractivity contribution in [2.24, 2.45) is 11.3 Å². The highest BCUT2D eigenvalue weighted by Gasteiger charge is 2.45. The molecule has 1 N–H and O–H groups in total. The molecule has 0 aromatic heterocycles. The van der Waals surface area contributed by atoms with Crippen molar-refractivity contribution in [1.82, 2.24) is 5.32 Å². The summed E-state index contributed by atoms with van der Waals surface area (Å²) >= 11 is 0. The first-order chi connectivity index (χ1) is 6.12. The van der Waals surface area contributed by atoms with Crippen LogP contribution in [0.15, 0.2) is 0 Å². The van der Waals surface area contributed by atoms with E-state index < -0.39 is 0 Å². The van der Waals surface area contributed by atoms with Gasteiger partial charge < -0.3 is 0 Å². The first-order valence-electron chi connectivity index (χ1n) is 4.95. The van der Waals surface area contributed by atoms with E-state index in [0.717, 1.165) is 25.7 Å². The Balaban J connectivity index is 2.24. The van der Waals surface area contributed by atoms with Crippen LogP contribution in [-0.4, -0.2) is 11.8 Å². The van der Waals surface area contributed by atoms with Crippen LogP contribution in [0.4, 0.5) is 0 Å². The van der Waals surface area contributed by atoms with E-state index in [-0.39, 0.29) is 23.1 Å². The second kappa shape index (κ2) is 2.82. The lowest BCUT2D eigenvalue weighted by atomic mass is 9.63. The predicted octanol–water partition coefficient (Wildman–Crippen LogP) is 1.23. The average molecular weight is 181 g/mol. The fraction of sp³-hybridized carbons (Fsp3) is 0.800. The van der Waals surface area contributed by atoms with Gasteiger partial charge in [-0.05, 0) is 18.3 Å². The van der Waals surface area contributed by atoms with Crippen molar-refractivity contribution in [1.29, 1.82) is 0 Å². The topological polar surface area (TPSA) is 46.2 Å². The van der Waals surface area contributed by atoms with Crippen LogP contribution in [0.25, 0.3) is 0 Å². The number of amides is 2. The van der Waals surface area contributed by atoms with Crippen LogP contribution in [0, 0.1) is 11.3 Å². The zero-order valence-corrected chi connectivity index (χ0v) is 7.93. The van der Waals surface area contributed by atoms with Crippen LogP contribution in [-0.2, 0) is 9.59 Å². The van der Waals surface area contributed by atoms with Crippen molar-refractivity contribution in [2.45, 2.75) is 39.0 Å². The Bertz CT molecular complexity index is 262. The van der Waals surface area contributed by atoms with Crippen LogP contribution in [0.3, 0.4) is 0 Å². The second-order valence-electron chi connectivity index (χ2n) is 4.54. The molecule has 0 aromatic rings. The monoisotopic (exact) mass is 181 g/mol. The molecule has 1 aliphatic heterocycles. The molecule has 2 rings (SSSR count). The van der Waals surface area contributed by atoms with E-state index >= 15 is 0 Å². The molecule has 3 nitrogen and oxygen atoms in total. The molecule has 1 saturated heterocycles. The zero-order valence-electron chi connectivity index (χ0n) is 7.93. The van der Waals surface area contributed by atoms with Crippen LogP contribution in [0.1, 0.15) is 39.0 Å². The van der Waals surface area contributed by atoms with E-state index in [1.165, 1.54) is 0 Å². The Hall–Kier alpha value is -0.860. The number of imide groups is 1. The number of piperidine rings is 1. The number of carbonyl (C=O) groups is 2. The summed E-state index contributed by atoms with van der Waals surface area (Å²) in [5, 5.41) is 2.43. The highest BCUT2D eigenvalue weighted by Crippen LogP contribution is 2.45. The van der Waals surface area contributed by atoms with Gasteiger partial charge in [-0.15, -0.1) is 0 Å². The summed E-state index contributed by atoms with van der Waals surface area (Å²) in [6.07, 6.45) is 4.80. The van der Waals surface area contributed by atoms with Gasteiger partial charge in [-0.25, -0.2) is 0 Å². The molecule has 2 aliphatic rings.